The van der Waals surface area contributed by atoms with Gasteiger partial charge in [-0.25, -0.2) is 18.2 Å². The van der Waals surface area contributed by atoms with E-state index in [0.717, 1.165) is 22.4 Å². The van der Waals surface area contributed by atoms with Gasteiger partial charge in [-0.2, -0.15) is 5.10 Å². The van der Waals surface area contributed by atoms with E-state index in [1.807, 2.05) is 20.8 Å². The number of halogens is 1. The number of carbonyl (C=O) groups is 1. The van der Waals surface area contributed by atoms with Crippen LogP contribution in [-0.2, 0) is 14.8 Å². The summed E-state index contributed by atoms with van der Waals surface area (Å²) in [4.78, 5) is 12.6. The SMILES string of the molecule is CCCOc1ccc(/C=N\NC(=O)CN(c2ccccc2F)S(=O)(=O)c2ccc(C)cc2)cc1OCC. The summed E-state index contributed by atoms with van der Waals surface area (Å²) in [7, 11) is -4.24. The third kappa shape index (κ3) is 7.29. The van der Waals surface area contributed by atoms with Crippen molar-refractivity contribution in [1.29, 1.82) is 0 Å². The molecule has 0 fully saturated rings. The summed E-state index contributed by atoms with van der Waals surface area (Å²) in [5.74, 6) is -0.376. The molecule has 3 rings (SSSR count). The molecule has 0 bridgehead atoms. The first-order chi connectivity index (χ1) is 17.8. The Kier molecular flexibility index (Phi) is 9.62. The van der Waals surface area contributed by atoms with Crippen molar-refractivity contribution in [2.75, 3.05) is 24.1 Å². The zero-order valence-electron chi connectivity index (χ0n) is 21.0. The number of aryl methyl sites for hydroxylation is 1. The highest BCUT2D eigenvalue weighted by Crippen LogP contribution is 2.28. The van der Waals surface area contributed by atoms with Gasteiger partial charge in [-0.1, -0.05) is 36.8 Å². The van der Waals surface area contributed by atoms with E-state index in [1.54, 1.807) is 30.3 Å². The number of amides is 1. The average Bonchev–Trinajstić information content (AvgIpc) is 2.88. The number of nitrogens with zero attached hydrogens (tertiary/aromatic N) is 2. The summed E-state index contributed by atoms with van der Waals surface area (Å²) in [5.41, 5.74) is 3.56. The number of rotatable bonds is 12. The molecule has 0 heterocycles. The molecule has 0 saturated carbocycles. The van der Waals surface area contributed by atoms with Crippen molar-refractivity contribution in [2.24, 2.45) is 5.10 Å². The number of anilines is 1. The Balaban J connectivity index is 1.79. The zero-order valence-corrected chi connectivity index (χ0v) is 21.8. The lowest BCUT2D eigenvalue weighted by Crippen LogP contribution is -2.40. The lowest BCUT2D eigenvalue weighted by Gasteiger charge is -2.24. The Hall–Kier alpha value is -3.92. The lowest BCUT2D eigenvalue weighted by atomic mass is 10.2. The van der Waals surface area contributed by atoms with Gasteiger partial charge in [0.25, 0.3) is 15.9 Å². The number of ether oxygens (including phenoxy) is 2. The molecule has 196 valence electrons. The van der Waals surface area contributed by atoms with Crippen LogP contribution in [0.2, 0.25) is 0 Å². The van der Waals surface area contributed by atoms with Crippen LogP contribution in [0.25, 0.3) is 0 Å². The first-order valence-corrected chi connectivity index (χ1v) is 13.3. The Morgan fingerprint density at radius 3 is 2.43 bits per heavy atom. The molecule has 0 radical (unpaired) electrons. The molecule has 10 heteroatoms. The minimum Gasteiger partial charge on any atom is -0.490 e. The van der Waals surface area contributed by atoms with Gasteiger partial charge in [0.05, 0.1) is 30.0 Å². The number of carbonyl (C=O) groups excluding carboxylic acids is 1. The van der Waals surface area contributed by atoms with Crippen LogP contribution in [0.15, 0.2) is 76.7 Å². The molecule has 3 aromatic carbocycles. The largest absolute Gasteiger partial charge is 0.490 e. The van der Waals surface area contributed by atoms with Crippen LogP contribution in [0.5, 0.6) is 11.5 Å². The molecule has 0 saturated heterocycles. The molecule has 0 aliphatic rings. The summed E-state index contributed by atoms with van der Waals surface area (Å²) in [6, 6.07) is 16.7. The van der Waals surface area contributed by atoms with E-state index < -0.39 is 28.3 Å². The number of hydrogen-bond acceptors (Lipinski definition) is 6. The molecule has 8 nitrogen and oxygen atoms in total. The summed E-state index contributed by atoms with van der Waals surface area (Å²) >= 11 is 0. The van der Waals surface area contributed by atoms with E-state index in [-0.39, 0.29) is 10.6 Å². The van der Waals surface area contributed by atoms with Crippen LogP contribution in [0.3, 0.4) is 0 Å². The molecular weight excluding hydrogens is 497 g/mol. The number of hydrogen-bond donors (Lipinski definition) is 1. The van der Waals surface area contributed by atoms with E-state index in [4.69, 9.17) is 9.47 Å². The monoisotopic (exact) mass is 527 g/mol. The molecule has 0 spiro atoms. The van der Waals surface area contributed by atoms with Crippen molar-refractivity contribution in [3.63, 3.8) is 0 Å². The first-order valence-electron chi connectivity index (χ1n) is 11.8. The standard InChI is InChI=1S/C27H30FN3O5S/c1-4-16-36-25-15-12-21(17-26(25)35-5-2)18-29-30-27(32)19-31(24-9-7-6-8-23(24)28)37(33,34)22-13-10-20(3)11-14-22/h6-15,17-18H,4-5,16,19H2,1-3H3,(H,30,32)/b29-18-. The second kappa shape index (κ2) is 12.9. The number of hydrazone groups is 1. The fourth-order valence-corrected chi connectivity index (χ4v) is 4.77. The van der Waals surface area contributed by atoms with E-state index >= 15 is 0 Å². The lowest BCUT2D eigenvalue weighted by molar-refractivity contribution is -0.119. The van der Waals surface area contributed by atoms with E-state index in [2.05, 4.69) is 10.5 Å². The molecule has 1 amide bonds. The van der Waals surface area contributed by atoms with Crippen LogP contribution < -0.4 is 19.2 Å². The topological polar surface area (TPSA) is 97.3 Å². The maximum Gasteiger partial charge on any atom is 0.264 e. The van der Waals surface area contributed by atoms with E-state index in [9.17, 15) is 17.6 Å². The number of nitrogens with one attached hydrogen (secondary N) is 1. The van der Waals surface area contributed by atoms with Crippen LogP contribution in [0.1, 0.15) is 31.4 Å². The maximum absolute atomic E-state index is 14.6. The van der Waals surface area contributed by atoms with Gasteiger partial charge in [0, 0.05) is 0 Å². The zero-order chi connectivity index (χ0) is 26.8. The normalized spacial score (nSPS) is 11.4. The number of sulfonamides is 1. The third-order valence-corrected chi connectivity index (χ3v) is 6.92. The van der Waals surface area contributed by atoms with Crippen LogP contribution in [0.4, 0.5) is 10.1 Å². The van der Waals surface area contributed by atoms with Crippen molar-refractivity contribution >= 4 is 27.8 Å². The van der Waals surface area contributed by atoms with Crippen molar-refractivity contribution in [3.05, 3.63) is 83.7 Å². The highest BCUT2D eigenvalue weighted by Gasteiger charge is 2.29. The summed E-state index contributed by atoms with van der Waals surface area (Å²) in [5, 5.41) is 3.93. The Labute approximate surface area is 216 Å². The van der Waals surface area contributed by atoms with Crippen molar-refractivity contribution in [3.8, 4) is 11.5 Å². The summed E-state index contributed by atoms with van der Waals surface area (Å²) < 4.78 is 53.3. The summed E-state index contributed by atoms with van der Waals surface area (Å²) in [6.07, 6.45) is 2.25. The van der Waals surface area contributed by atoms with Crippen LogP contribution >= 0.6 is 0 Å². The van der Waals surface area contributed by atoms with Gasteiger partial charge in [-0.05, 0) is 68.3 Å². The van der Waals surface area contributed by atoms with Gasteiger partial charge in [0.15, 0.2) is 11.5 Å². The Morgan fingerprint density at radius 2 is 1.76 bits per heavy atom. The molecular formula is C27H30FN3O5S. The Morgan fingerprint density at radius 1 is 1.03 bits per heavy atom. The molecule has 3 aromatic rings. The molecule has 0 aliphatic carbocycles. The predicted octanol–water partition coefficient (Wildman–Crippen LogP) is 4.67. The van der Waals surface area contributed by atoms with Gasteiger partial charge in [-0.15, -0.1) is 0 Å². The molecule has 0 atom stereocenters. The molecule has 0 aromatic heterocycles. The highest BCUT2D eigenvalue weighted by atomic mass is 32.2. The van der Waals surface area contributed by atoms with Crippen LogP contribution in [0, 0.1) is 12.7 Å². The molecule has 0 unspecified atom stereocenters. The second-order valence-corrected chi connectivity index (χ2v) is 9.92. The van der Waals surface area contributed by atoms with Gasteiger partial charge < -0.3 is 9.47 Å². The van der Waals surface area contributed by atoms with Crippen LogP contribution in [-0.4, -0.2) is 40.3 Å². The number of para-hydroxylation sites is 1. The second-order valence-electron chi connectivity index (χ2n) is 8.06. The van der Waals surface area contributed by atoms with E-state index in [0.29, 0.717) is 30.3 Å². The van der Waals surface area contributed by atoms with Crippen molar-refractivity contribution in [2.45, 2.75) is 32.1 Å². The van der Waals surface area contributed by atoms with Gasteiger partial charge >= 0.3 is 0 Å². The maximum atomic E-state index is 14.6. The minimum atomic E-state index is -4.24. The smallest absolute Gasteiger partial charge is 0.264 e. The third-order valence-electron chi connectivity index (χ3n) is 5.15. The number of benzene rings is 3. The quantitative estimate of drug-likeness (QED) is 0.273. The first kappa shape index (κ1) is 27.7. The molecule has 0 aliphatic heterocycles. The van der Waals surface area contributed by atoms with Crippen molar-refractivity contribution in [1.82, 2.24) is 5.43 Å². The molecule has 1 N–H and O–H groups in total. The minimum absolute atomic E-state index is 0.0634. The summed E-state index contributed by atoms with van der Waals surface area (Å²) in [6.45, 7) is 6.00. The Bertz CT molecular complexity index is 1340. The predicted molar refractivity (Wildman–Crippen MR) is 141 cm³/mol. The van der Waals surface area contributed by atoms with E-state index in [1.165, 1.54) is 36.5 Å². The van der Waals surface area contributed by atoms with Crippen molar-refractivity contribution < 1.29 is 27.1 Å². The fraction of sp³-hybridized carbons (Fsp3) is 0.259. The average molecular weight is 528 g/mol. The molecule has 37 heavy (non-hydrogen) atoms. The fourth-order valence-electron chi connectivity index (χ4n) is 3.34. The highest BCUT2D eigenvalue weighted by molar-refractivity contribution is 7.92. The van der Waals surface area contributed by atoms with Gasteiger partial charge in [-0.3, -0.25) is 9.10 Å². The van der Waals surface area contributed by atoms with Gasteiger partial charge in [0.1, 0.15) is 12.4 Å². The van der Waals surface area contributed by atoms with Gasteiger partial charge in [0.2, 0.25) is 0 Å².